The summed E-state index contributed by atoms with van der Waals surface area (Å²) in [6.07, 6.45) is 1.79. The highest BCUT2D eigenvalue weighted by Crippen LogP contribution is 2.19. The molecule has 1 atom stereocenters. The number of nitrogens with two attached hydrogens (primary N) is 1. The summed E-state index contributed by atoms with van der Waals surface area (Å²) < 4.78 is 18.3. The largest absolute Gasteiger partial charge is 0.381 e. The molecule has 0 saturated heterocycles. The minimum absolute atomic E-state index is 0.0718. The van der Waals surface area contributed by atoms with Gasteiger partial charge in [-0.25, -0.2) is 4.39 Å². The van der Waals surface area contributed by atoms with Crippen molar-refractivity contribution in [3.05, 3.63) is 35.1 Å². The zero-order chi connectivity index (χ0) is 12.0. The Labute approximate surface area is 96.6 Å². The predicted octanol–water partition coefficient (Wildman–Crippen LogP) is 2.95. The molecular weight excluding hydrogens is 205 g/mol. The minimum atomic E-state index is -0.212. The lowest BCUT2D eigenvalue weighted by atomic mass is 10.00. The van der Waals surface area contributed by atoms with Crippen LogP contribution in [0.3, 0.4) is 0 Å². The summed E-state index contributed by atoms with van der Waals surface area (Å²) in [5.74, 6) is -0.212. The predicted molar refractivity (Wildman–Crippen MR) is 63.8 cm³/mol. The quantitative estimate of drug-likeness (QED) is 0.755. The first kappa shape index (κ1) is 13.1. The molecular formula is C13H20FNO. The highest BCUT2D eigenvalue weighted by molar-refractivity contribution is 5.29. The molecule has 0 heterocycles. The van der Waals surface area contributed by atoms with Gasteiger partial charge in [-0.05, 0) is 43.0 Å². The summed E-state index contributed by atoms with van der Waals surface area (Å²) in [6.45, 7) is 5.39. The summed E-state index contributed by atoms with van der Waals surface area (Å²) >= 11 is 0. The van der Waals surface area contributed by atoms with Crippen molar-refractivity contribution in [3.63, 3.8) is 0 Å². The third kappa shape index (κ3) is 3.91. The maximum absolute atomic E-state index is 12.9. The van der Waals surface area contributed by atoms with Gasteiger partial charge < -0.3 is 10.5 Å². The Kier molecular flexibility index (Phi) is 5.43. The first-order valence-electron chi connectivity index (χ1n) is 5.74. The standard InChI is InChI=1S/C13H20FNO/c1-3-7-16-8-6-13(15)12-5-4-11(14)9-10(12)2/h4-5,9,13H,3,6-8,15H2,1-2H3. The summed E-state index contributed by atoms with van der Waals surface area (Å²) in [6, 6.07) is 4.66. The summed E-state index contributed by atoms with van der Waals surface area (Å²) in [5, 5.41) is 0. The fraction of sp³-hybridized carbons (Fsp3) is 0.538. The molecule has 3 heteroatoms. The summed E-state index contributed by atoms with van der Waals surface area (Å²) in [4.78, 5) is 0. The molecule has 0 fully saturated rings. The van der Waals surface area contributed by atoms with Crippen LogP contribution < -0.4 is 5.73 Å². The Morgan fingerprint density at radius 2 is 2.12 bits per heavy atom. The lowest BCUT2D eigenvalue weighted by Gasteiger charge is -2.14. The average Bonchev–Trinajstić information content (AvgIpc) is 2.24. The Hall–Kier alpha value is -0.930. The molecule has 90 valence electrons. The van der Waals surface area contributed by atoms with Gasteiger partial charge in [-0.3, -0.25) is 0 Å². The molecule has 0 saturated carbocycles. The van der Waals surface area contributed by atoms with E-state index in [1.165, 1.54) is 12.1 Å². The molecule has 0 radical (unpaired) electrons. The second-order valence-corrected chi connectivity index (χ2v) is 4.01. The van der Waals surface area contributed by atoms with E-state index in [4.69, 9.17) is 10.5 Å². The molecule has 0 bridgehead atoms. The molecule has 2 nitrogen and oxygen atoms in total. The summed E-state index contributed by atoms with van der Waals surface area (Å²) in [7, 11) is 0. The van der Waals surface area contributed by atoms with Crippen LogP contribution in [0.15, 0.2) is 18.2 Å². The van der Waals surface area contributed by atoms with Crippen LogP contribution in [0.2, 0.25) is 0 Å². The summed E-state index contributed by atoms with van der Waals surface area (Å²) in [5.41, 5.74) is 7.93. The molecule has 0 aliphatic heterocycles. The number of halogens is 1. The molecule has 0 spiro atoms. The van der Waals surface area contributed by atoms with Crippen molar-refractivity contribution in [1.82, 2.24) is 0 Å². The first-order chi connectivity index (χ1) is 7.65. The van der Waals surface area contributed by atoms with Crippen molar-refractivity contribution in [2.24, 2.45) is 5.73 Å². The fourth-order valence-corrected chi connectivity index (χ4v) is 1.67. The lowest BCUT2D eigenvalue weighted by molar-refractivity contribution is 0.127. The Morgan fingerprint density at radius 3 is 2.75 bits per heavy atom. The molecule has 1 aromatic carbocycles. The Balaban J connectivity index is 2.49. The molecule has 0 aliphatic carbocycles. The number of hydrogen-bond acceptors (Lipinski definition) is 2. The van der Waals surface area contributed by atoms with Crippen LogP contribution in [0.4, 0.5) is 4.39 Å². The third-order valence-corrected chi connectivity index (χ3v) is 2.55. The van der Waals surface area contributed by atoms with Crippen molar-refractivity contribution in [2.45, 2.75) is 32.7 Å². The van der Waals surface area contributed by atoms with Gasteiger partial charge in [-0.2, -0.15) is 0 Å². The molecule has 1 aromatic rings. The van der Waals surface area contributed by atoms with Gasteiger partial charge in [0, 0.05) is 19.3 Å². The Bertz CT molecular complexity index is 328. The van der Waals surface area contributed by atoms with Gasteiger partial charge >= 0.3 is 0 Å². The van der Waals surface area contributed by atoms with Crippen molar-refractivity contribution in [2.75, 3.05) is 13.2 Å². The van der Waals surface area contributed by atoms with Crippen molar-refractivity contribution < 1.29 is 9.13 Å². The highest BCUT2D eigenvalue weighted by Gasteiger charge is 2.09. The van der Waals surface area contributed by atoms with Crippen LogP contribution in [0.25, 0.3) is 0 Å². The molecule has 0 aromatic heterocycles. The second kappa shape index (κ2) is 6.61. The molecule has 16 heavy (non-hydrogen) atoms. The van der Waals surface area contributed by atoms with Gasteiger partial charge in [0.25, 0.3) is 0 Å². The number of rotatable bonds is 6. The number of ether oxygens (including phenoxy) is 1. The number of benzene rings is 1. The lowest BCUT2D eigenvalue weighted by Crippen LogP contribution is -2.14. The molecule has 2 N–H and O–H groups in total. The van der Waals surface area contributed by atoms with Crippen LogP contribution in [0, 0.1) is 12.7 Å². The van der Waals surface area contributed by atoms with Gasteiger partial charge in [-0.1, -0.05) is 13.0 Å². The topological polar surface area (TPSA) is 35.2 Å². The molecule has 0 aliphatic rings. The Morgan fingerprint density at radius 1 is 1.38 bits per heavy atom. The van der Waals surface area contributed by atoms with Gasteiger partial charge in [0.05, 0.1) is 0 Å². The average molecular weight is 225 g/mol. The normalized spacial score (nSPS) is 12.8. The fourth-order valence-electron chi connectivity index (χ4n) is 1.67. The van der Waals surface area contributed by atoms with Crippen molar-refractivity contribution >= 4 is 0 Å². The first-order valence-corrected chi connectivity index (χ1v) is 5.74. The number of hydrogen-bond donors (Lipinski definition) is 1. The minimum Gasteiger partial charge on any atom is -0.381 e. The van der Waals surface area contributed by atoms with E-state index in [0.717, 1.165) is 30.6 Å². The van der Waals surface area contributed by atoms with E-state index in [9.17, 15) is 4.39 Å². The van der Waals surface area contributed by atoms with Gasteiger partial charge in [-0.15, -0.1) is 0 Å². The van der Waals surface area contributed by atoms with Crippen LogP contribution in [-0.4, -0.2) is 13.2 Å². The molecule has 1 rings (SSSR count). The second-order valence-electron chi connectivity index (χ2n) is 4.01. The zero-order valence-electron chi connectivity index (χ0n) is 10.0. The van der Waals surface area contributed by atoms with Gasteiger partial charge in [0.2, 0.25) is 0 Å². The monoisotopic (exact) mass is 225 g/mol. The third-order valence-electron chi connectivity index (χ3n) is 2.55. The van der Waals surface area contributed by atoms with E-state index in [2.05, 4.69) is 6.92 Å². The van der Waals surface area contributed by atoms with Crippen LogP contribution >= 0.6 is 0 Å². The van der Waals surface area contributed by atoms with E-state index < -0.39 is 0 Å². The van der Waals surface area contributed by atoms with E-state index >= 15 is 0 Å². The van der Waals surface area contributed by atoms with E-state index in [1.54, 1.807) is 6.07 Å². The van der Waals surface area contributed by atoms with Crippen LogP contribution in [-0.2, 0) is 4.74 Å². The van der Waals surface area contributed by atoms with E-state index in [1.807, 2.05) is 6.92 Å². The number of aryl methyl sites for hydroxylation is 1. The SMILES string of the molecule is CCCOCCC(N)c1ccc(F)cc1C. The maximum Gasteiger partial charge on any atom is 0.123 e. The van der Waals surface area contributed by atoms with Crippen LogP contribution in [0.5, 0.6) is 0 Å². The molecule has 0 amide bonds. The zero-order valence-corrected chi connectivity index (χ0v) is 10.0. The molecule has 1 unspecified atom stereocenters. The van der Waals surface area contributed by atoms with E-state index in [-0.39, 0.29) is 11.9 Å². The smallest absolute Gasteiger partial charge is 0.123 e. The maximum atomic E-state index is 12.9. The van der Waals surface area contributed by atoms with E-state index in [0.29, 0.717) is 6.61 Å². The van der Waals surface area contributed by atoms with Gasteiger partial charge in [0.1, 0.15) is 5.82 Å². The van der Waals surface area contributed by atoms with Crippen molar-refractivity contribution in [1.29, 1.82) is 0 Å². The highest BCUT2D eigenvalue weighted by atomic mass is 19.1. The van der Waals surface area contributed by atoms with Crippen LogP contribution in [0.1, 0.15) is 36.9 Å². The van der Waals surface area contributed by atoms with Gasteiger partial charge in [0.15, 0.2) is 0 Å². The van der Waals surface area contributed by atoms with Crippen molar-refractivity contribution in [3.8, 4) is 0 Å².